The van der Waals surface area contributed by atoms with Crippen molar-refractivity contribution in [1.29, 1.82) is 0 Å². The van der Waals surface area contributed by atoms with Crippen LogP contribution in [-0.4, -0.2) is 0 Å². The Morgan fingerprint density at radius 3 is 1.56 bits per heavy atom. The normalized spacial score (nSPS) is 12.8. The van der Waals surface area contributed by atoms with Gasteiger partial charge in [-0.15, -0.1) is 0 Å². The van der Waals surface area contributed by atoms with Crippen LogP contribution < -0.4 is 4.90 Å². The highest BCUT2D eigenvalue weighted by molar-refractivity contribution is 6.10. The van der Waals surface area contributed by atoms with Crippen molar-refractivity contribution < 1.29 is 8.83 Å². The lowest BCUT2D eigenvalue weighted by molar-refractivity contribution is 0.669. The summed E-state index contributed by atoms with van der Waals surface area (Å²) in [7, 11) is 0. The molecule has 13 rings (SSSR count). The number of hydrogen-bond donors (Lipinski definition) is 0. The lowest BCUT2D eigenvalue weighted by atomic mass is 9.68. The van der Waals surface area contributed by atoms with Gasteiger partial charge in [-0.1, -0.05) is 182 Å². The van der Waals surface area contributed by atoms with Crippen LogP contribution in [0.1, 0.15) is 22.3 Å². The molecule has 2 heterocycles. The predicted octanol–water partition coefficient (Wildman–Crippen LogP) is 16.7. The van der Waals surface area contributed by atoms with Crippen molar-refractivity contribution >= 4 is 60.9 Å². The summed E-state index contributed by atoms with van der Waals surface area (Å²) in [5, 5.41) is 4.51. The third kappa shape index (κ3) is 5.41. The Morgan fingerprint density at radius 1 is 0.328 bits per heavy atom. The molecule has 0 spiro atoms. The Morgan fingerprint density at radius 2 is 0.844 bits per heavy atom. The van der Waals surface area contributed by atoms with Crippen molar-refractivity contribution in [2.45, 2.75) is 5.41 Å². The first-order chi connectivity index (χ1) is 31.7. The number of fused-ring (bicyclic) bond motifs is 9. The van der Waals surface area contributed by atoms with Gasteiger partial charge in [-0.2, -0.15) is 0 Å². The van der Waals surface area contributed by atoms with Gasteiger partial charge in [0.2, 0.25) is 0 Å². The number of benzene rings is 10. The maximum Gasteiger partial charge on any atom is 0.143 e. The van der Waals surface area contributed by atoms with E-state index in [4.69, 9.17) is 8.83 Å². The zero-order valence-electron chi connectivity index (χ0n) is 34.8. The summed E-state index contributed by atoms with van der Waals surface area (Å²) < 4.78 is 12.8. The molecule has 0 fully saturated rings. The Kier molecular flexibility index (Phi) is 8.13. The lowest BCUT2D eigenvalue weighted by Gasteiger charge is -2.34. The van der Waals surface area contributed by atoms with E-state index in [0.29, 0.717) is 0 Å². The Hall–Kier alpha value is -8.40. The van der Waals surface area contributed by atoms with Crippen LogP contribution in [-0.2, 0) is 5.41 Å². The van der Waals surface area contributed by atoms with E-state index in [1.165, 1.54) is 33.4 Å². The second-order valence-corrected chi connectivity index (χ2v) is 16.7. The molecule has 300 valence electrons. The van der Waals surface area contributed by atoms with Crippen molar-refractivity contribution in [1.82, 2.24) is 0 Å². The summed E-state index contributed by atoms with van der Waals surface area (Å²) in [5.41, 5.74) is 18.2. The smallest absolute Gasteiger partial charge is 0.143 e. The van der Waals surface area contributed by atoms with Gasteiger partial charge in [0, 0.05) is 44.0 Å². The summed E-state index contributed by atoms with van der Waals surface area (Å²) in [6, 6.07) is 85.3. The van der Waals surface area contributed by atoms with E-state index in [2.05, 4.69) is 217 Å². The van der Waals surface area contributed by atoms with Crippen molar-refractivity contribution in [2.24, 2.45) is 0 Å². The number of nitrogens with zero attached hydrogens (tertiary/aromatic N) is 1. The van der Waals surface area contributed by atoms with E-state index >= 15 is 0 Å². The predicted molar refractivity (Wildman–Crippen MR) is 264 cm³/mol. The minimum atomic E-state index is -0.523. The van der Waals surface area contributed by atoms with E-state index in [9.17, 15) is 0 Å². The topological polar surface area (TPSA) is 29.5 Å². The molecule has 0 amide bonds. The van der Waals surface area contributed by atoms with E-state index in [1.54, 1.807) is 0 Å². The molecule has 3 nitrogen and oxygen atoms in total. The van der Waals surface area contributed by atoms with Crippen molar-refractivity contribution in [3.63, 3.8) is 0 Å². The Bertz CT molecular complexity index is 3670. The molecular weight excluding hydrogens is 779 g/mol. The van der Waals surface area contributed by atoms with Gasteiger partial charge < -0.3 is 13.7 Å². The molecule has 1 aliphatic carbocycles. The molecule has 0 saturated heterocycles. The molecule has 12 aromatic rings. The number of para-hydroxylation sites is 3. The standard InChI is InChI=1S/C61H39NO2/c1-3-15-43(16-4-1)61(44-17-5-2-6-18-44)53-24-10-7-21-52(53)59-54(61)25-14-26-55(59)62(45-34-29-40(30-35-45)42-33-38-50-48-19-8-11-27-56(48)63-58(50)39-42)46-36-31-41(32-37-46)47-22-13-23-51-49-20-9-12-28-57(49)64-60(47)51/h1-39H. The maximum atomic E-state index is 6.50. The molecule has 0 unspecified atom stereocenters. The molecule has 2 aromatic heterocycles. The van der Waals surface area contributed by atoms with Crippen molar-refractivity contribution in [2.75, 3.05) is 4.90 Å². The number of hydrogen-bond acceptors (Lipinski definition) is 3. The molecule has 0 bridgehead atoms. The third-order valence-corrected chi connectivity index (χ3v) is 13.4. The lowest BCUT2D eigenvalue weighted by Crippen LogP contribution is -2.28. The molecule has 0 N–H and O–H groups in total. The fraction of sp³-hybridized carbons (Fsp3) is 0.0164. The van der Waals surface area contributed by atoms with Gasteiger partial charge in [-0.3, -0.25) is 0 Å². The SMILES string of the molecule is c1ccc(C2(c3ccccc3)c3ccccc3-c3c(N(c4ccc(-c5ccc6c(c5)oc5ccccc56)cc4)c4ccc(-c5cccc6c5oc5ccccc56)cc4)cccc32)cc1. The van der Waals surface area contributed by atoms with Crippen LogP contribution in [0.15, 0.2) is 245 Å². The zero-order chi connectivity index (χ0) is 42.2. The van der Waals surface area contributed by atoms with Crippen LogP contribution in [0.3, 0.4) is 0 Å². The zero-order valence-corrected chi connectivity index (χ0v) is 34.8. The molecule has 0 radical (unpaired) electrons. The number of anilines is 3. The summed E-state index contributed by atoms with van der Waals surface area (Å²) in [6.45, 7) is 0. The van der Waals surface area contributed by atoms with Gasteiger partial charge >= 0.3 is 0 Å². The van der Waals surface area contributed by atoms with E-state index in [1.807, 2.05) is 24.3 Å². The van der Waals surface area contributed by atoms with E-state index in [0.717, 1.165) is 83.2 Å². The fourth-order valence-electron chi connectivity index (χ4n) is 10.6. The van der Waals surface area contributed by atoms with Crippen LogP contribution >= 0.6 is 0 Å². The van der Waals surface area contributed by atoms with Crippen LogP contribution in [0.25, 0.3) is 77.3 Å². The van der Waals surface area contributed by atoms with Crippen LogP contribution in [0.2, 0.25) is 0 Å². The largest absolute Gasteiger partial charge is 0.456 e. The molecule has 64 heavy (non-hydrogen) atoms. The minimum Gasteiger partial charge on any atom is -0.456 e. The average molecular weight is 818 g/mol. The fourth-order valence-corrected chi connectivity index (χ4v) is 10.6. The maximum absolute atomic E-state index is 6.50. The third-order valence-electron chi connectivity index (χ3n) is 13.4. The first kappa shape index (κ1) is 36.3. The highest BCUT2D eigenvalue weighted by atomic mass is 16.3. The van der Waals surface area contributed by atoms with Crippen LogP contribution in [0.4, 0.5) is 17.1 Å². The first-order valence-corrected chi connectivity index (χ1v) is 21.9. The Labute approximate surface area is 370 Å². The molecule has 0 saturated carbocycles. The molecule has 3 heteroatoms. The number of rotatable bonds is 7. The Balaban J connectivity index is 1.00. The molecule has 0 atom stereocenters. The quantitative estimate of drug-likeness (QED) is 0.160. The van der Waals surface area contributed by atoms with E-state index < -0.39 is 5.41 Å². The molecule has 1 aliphatic rings. The summed E-state index contributed by atoms with van der Waals surface area (Å²) in [4.78, 5) is 2.43. The van der Waals surface area contributed by atoms with Gasteiger partial charge in [0.25, 0.3) is 0 Å². The summed E-state index contributed by atoms with van der Waals surface area (Å²) in [5.74, 6) is 0. The van der Waals surface area contributed by atoms with E-state index in [-0.39, 0.29) is 0 Å². The summed E-state index contributed by atoms with van der Waals surface area (Å²) in [6.07, 6.45) is 0. The van der Waals surface area contributed by atoms with Gasteiger partial charge in [0.05, 0.1) is 11.1 Å². The average Bonchev–Trinajstić information content (AvgIpc) is 4.04. The van der Waals surface area contributed by atoms with Gasteiger partial charge in [0.1, 0.15) is 22.3 Å². The number of furan rings is 2. The van der Waals surface area contributed by atoms with Crippen molar-refractivity contribution in [3.8, 4) is 33.4 Å². The van der Waals surface area contributed by atoms with Crippen LogP contribution in [0, 0.1) is 0 Å². The van der Waals surface area contributed by atoms with Gasteiger partial charge in [-0.05, 0) is 99.1 Å². The van der Waals surface area contributed by atoms with Gasteiger partial charge in [0.15, 0.2) is 0 Å². The van der Waals surface area contributed by atoms with Crippen molar-refractivity contribution in [3.05, 3.63) is 259 Å². The highest BCUT2D eigenvalue weighted by Gasteiger charge is 2.47. The monoisotopic (exact) mass is 817 g/mol. The minimum absolute atomic E-state index is 0.523. The van der Waals surface area contributed by atoms with Crippen LogP contribution in [0.5, 0.6) is 0 Å². The first-order valence-electron chi connectivity index (χ1n) is 21.9. The second kappa shape index (κ2) is 14.3. The second-order valence-electron chi connectivity index (χ2n) is 16.7. The molecule has 10 aromatic carbocycles. The van der Waals surface area contributed by atoms with Gasteiger partial charge in [-0.25, -0.2) is 0 Å². The molecule has 0 aliphatic heterocycles. The highest BCUT2D eigenvalue weighted by Crippen LogP contribution is 2.59. The summed E-state index contributed by atoms with van der Waals surface area (Å²) >= 11 is 0. The molecular formula is C61H39NO2.